The van der Waals surface area contributed by atoms with Crippen molar-refractivity contribution in [1.82, 2.24) is 0 Å². The molecule has 1 aliphatic rings. The molecule has 5 unspecified atom stereocenters. The Labute approximate surface area is 249 Å². The van der Waals surface area contributed by atoms with Gasteiger partial charge in [-0.2, -0.15) is 21.6 Å². The van der Waals surface area contributed by atoms with Crippen LogP contribution in [0.2, 0.25) is 0 Å². The standard InChI is InChI=1S/C29H25F3O11S/c1-38-28-24(42-27(35)20-15-9-4-10-16-20)23(41-26(34)19-13-7-3-8-14-19)22(43-44(36,37)29(30,31)32)21(40-28)17-39-25(33)18-11-5-2-6-12-18/h2-16,21-24,28H,17H2,1H3. The van der Waals surface area contributed by atoms with Crippen LogP contribution in [0.15, 0.2) is 91.0 Å². The van der Waals surface area contributed by atoms with Gasteiger partial charge >= 0.3 is 33.5 Å². The van der Waals surface area contributed by atoms with Gasteiger partial charge in [-0.05, 0) is 36.4 Å². The zero-order chi connectivity index (χ0) is 31.9. The number of rotatable bonds is 10. The Morgan fingerprint density at radius 2 is 1.14 bits per heavy atom. The molecule has 1 fully saturated rings. The van der Waals surface area contributed by atoms with Crippen molar-refractivity contribution >= 4 is 28.0 Å². The van der Waals surface area contributed by atoms with Gasteiger partial charge in [-0.3, -0.25) is 4.18 Å². The molecule has 1 aliphatic heterocycles. The summed E-state index contributed by atoms with van der Waals surface area (Å²) in [6.45, 7) is -0.885. The van der Waals surface area contributed by atoms with Gasteiger partial charge in [-0.25, -0.2) is 14.4 Å². The summed E-state index contributed by atoms with van der Waals surface area (Å²) in [6.07, 6.45) is -9.81. The predicted molar refractivity (Wildman–Crippen MR) is 144 cm³/mol. The lowest BCUT2D eigenvalue weighted by Crippen LogP contribution is -2.63. The maximum Gasteiger partial charge on any atom is 0.523 e. The Morgan fingerprint density at radius 1 is 0.705 bits per heavy atom. The molecule has 0 spiro atoms. The Balaban J connectivity index is 1.74. The van der Waals surface area contributed by atoms with Crippen molar-refractivity contribution in [2.24, 2.45) is 0 Å². The third-order valence-corrected chi connectivity index (χ3v) is 7.28. The van der Waals surface area contributed by atoms with Crippen LogP contribution in [0.5, 0.6) is 0 Å². The molecule has 44 heavy (non-hydrogen) atoms. The van der Waals surface area contributed by atoms with Gasteiger partial charge in [0.1, 0.15) is 18.8 Å². The van der Waals surface area contributed by atoms with E-state index in [2.05, 4.69) is 4.18 Å². The molecule has 234 valence electrons. The van der Waals surface area contributed by atoms with Crippen LogP contribution >= 0.6 is 0 Å². The first kappa shape index (κ1) is 32.6. The number of carbonyl (C=O) groups excluding carboxylic acids is 3. The maximum absolute atomic E-state index is 13.5. The fraction of sp³-hybridized carbons (Fsp3) is 0.276. The first-order valence-corrected chi connectivity index (χ1v) is 14.2. The average molecular weight is 639 g/mol. The summed E-state index contributed by atoms with van der Waals surface area (Å²) in [5, 5.41) is 0. The summed E-state index contributed by atoms with van der Waals surface area (Å²) in [6, 6.07) is 22.0. The first-order valence-electron chi connectivity index (χ1n) is 12.8. The number of alkyl halides is 3. The van der Waals surface area contributed by atoms with E-state index >= 15 is 0 Å². The van der Waals surface area contributed by atoms with Crippen molar-refractivity contribution in [2.75, 3.05) is 13.7 Å². The number of ether oxygens (including phenoxy) is 5. The molecule has 11 nitrogen and oxygen atoms in total. The Kier molecular flexibility index (Phi) is 10.4. The van der Waals surface area contributed by atoms with Gasteiger partial charge in [-0.15, -0.1) is 0 Å². The molecule has 1 saturated heterocycles. The van der Waals surface area contributed by atoms with Crippen LogP contribution < -0.4 is 0 Å². The highest BCUT2D eigenvalue weighted by Crippen LogP contribution is 2.35. The van der Waals surface area contributed by atoms with Gasteiger partial charge in [0.2, 0.25) is 0 Å². The van der Waals surface area contributed by atoms with E-state index in [1.807, 2.05) is 0 Å². The molecule has 1 heterocycles. The second kappa shape index (κ2) is 14.0. The number of hydrogen-bond acceptors (Lipinski definition) is 11. The number of benzene rings is 3. The van der Waals surface area contributed by atoms with Crippen LogP contribution in [0.25, 0.3) is 0 Å². The molecule has 0 radical (unpaired) electrons. The van der Waals surface area contributed by atoms with Gasteiger partial charge in [0.25, 0.3) is 0 Å². The van der Waals surface area contributed by atoms with E-state index in [0.29, 0.717) is 0 Å². The lowest BCUT2D eigenvalue weighted by molar-refractivity contribution is -0.288. The Bertz CT molecular complexity index is 1530. The van der Waals surface area contributed by atoms with Crippen molar-refractivity contribution in [3.05, 3.63) is 108 Å². The van der Waals surface area contributed by atoms with E-state index in [-0.39, 0.29) is 16.7 Å². The molecule has 3 aromatic carbocycles. The molecule has 0 bridgehead atoms. The van der Waals surface area contributed by atoms with Crippen molar-refractivity contribution in [2.45, 2.75) is 36.2 Å². The molecular formula is C29H25F3O11S. The maximum atomic E-state index is 13.5. The Hall–Kier alpha value is -4.31. The SMILES string of the molecule is COC1OC(COC(=O)c2ccccc2)C(OS(=O)(=O)C(F)(F)F)C(OC(=O)c2ccccc2)C1OC(=O)c1ccccc1. The van der Waals surface area contributed by atoms with E-state index in [4.69, 9.17) is 23.7 Å². The largest absolute Gasteiger partial charge is 0.523 e. The van der Waals surface area contributed by atoms with Crippen molar-refractivity contribution in [3.63, 3.8) is 0 Å². The summed E-state index contributed by atoms with van der Waals surface area (Å²) >= 11 is 0. The summed E-state index contributed by atoms with van der Waals surface area (Å²) < 4.78 is 96.6. The Morgan fingerprint density at radius 3 is 1.57 bits per heavy atom. The summed E-state index contributed by atoms with van der Waals surface area (Å²) in [5.74, 6) is -3.10. The first-order chi connectivity index (χ1) is 20.9. The number of carbonyl (C=O) groups is 3. The highest BCUT2D eigenvalue weighted by molar-refractivity contribution is 7.87. The topological polar surface area (TPSA) is 141 Å². The van der Waals surface area contributed by atoms with Crippen LogP contribution in [-0.2, 0) is 38.0 Å². The molecule has 0 aliphatic carbocycles. The van der Waals surface area contributed by atoms with Crippen LogP contribution in [-0.4, -0.2) is 76.3 Å². The van der Waals surface area contributed by atoms with E-state index in [9.17, 15) is 36.0 Å². The van der Waals surface area contributed by atoms with E-state index in [1.165, 1.54) is 72.8 Å². The molecular weight excluding hydrogens is 613 g/mol. The molecule has 0 N–H and O–H groups in total. The molecule has 15 heteroatoms. The molecule has 0 aromatic heterocycles. The molecule has 0 saturated carbocycles. The third kappa shape index (κ3) is 7.79. The summed E-state index contributed by atoms with van der Waals surface area (Å²) in [4.78, 5) is 38.7. The molecule has 4 rings (SSSR count). The van der Waals surface area contributed by atoms with Crippen LogP contribution in [0.3, 0.4) is 0 Å². The lowest BCUT2D eigenvalue weighted by Gasteiger charge is -2.43. The fourth-order valence-corrected chi connectivity index (χ4v) is 4.76. The normalized spacial score (nSPS) is 22.0. The van der Waals surface area contributed by atoms with E-state index < -0.39 is 70.8 Å². The van der Waals surface area contributed by atoms with Crippen molar-refractivity contribution < 1.29 is 63.8 Å². The summed E-state index contributed by atoms with van der Waals surface area (Å²) in [7, 11) is -5.29. The summed E-state index contributed by atoms with van der Waals surface area (Å²) in [5.41, 5.74) is -5.94. The predicted octanol–water partition coefficient (Wildman–Crippen LogP) is 3.90. The monoisotopic (exact) mass is 638 g/mol. The van der Waals surface area contributed by atoms with Gasteiger partial charge in [0, 0.05) is 7.11 Å². The van der Waals surface area contributed by atoms with E-state index in [1.54, 1.807) is 18.2 Å². The number of halogens is 3. The second-order valence-electron chi connectivity index (χ2n) is 9.18. The third-order valence-electron chi connectivity index (χ3n) is 6.24. The zero-order valence-corrected chi connectivity index (χ0v) is 23.6. The average Bonchev–Trinajstić information content (AvgIpc) is 3.02. The van der Waals surface area contributed by atoms with Gasteiger partial charge in [0.15, 0.2) is 18.5 Å². The second-order valence-corrected chi connectivity index (χ2v) is 10.7. The zero-order valence-electron chi connectivity index (χ0n) is 22.8. The highest BCUT2D eigenvalue weighted by Gasteiger charge is 2.57. The van der Waals surface area contributed by atoms with Crippen molar-refractivity contribution in [3.8, 4) is 0 Å². The number of methoxy groups -OCH3 is 1. The number of esters is 3. The highest BCUT2D eigenvalue weighted by atomic mass is 32.2. The van der Waals surface area contributed by atoms with Gasteiger partial charge < -0.3 is 23.7 Å². The lowest BCUT2D eigenvalue weighted by atomic mass is 9.98. The molecule has 5 atom stereocenters. The molecule has 0 amide bonds. The minimum absolute atomic E-state index is 0.00483. The van der Waals surface area contributed by atoms with E-state index in [0.717, 1.165) is 7.11 Å². The fourth-order valence-electron chi connectivity index (χ4n) is 4.13. The number of hydrogen-bond donors (Lipinski definition) is 0. The van der Waals surface area contributed by atoms with Crippen LogP contribution in [0, 0.1) is 0 Å². The van der Waals surface area contributed by atoms with Gasteiger partial charge in [-0.1, -0.05) is 54.6 Å². The minimum atomic E-state index is -6.38. The smallest absolute Gasteiger partial charge is 0.459 e. The quantitative estimate of drug-likeness (QED) is 0.138. The van der Waals surface area contributed by atoms with Crippen LogP contribution in [0.4, 0.5) is 13.2 Å². The van der Waals surface area contributed by atoms with Gasteiger partial charge in [0.05, 0.1) is 16.7 Å². The van der Waals surface area contributed by atoms with Crippen molar-refractivity contribution in [1.29, 1.82) is 0 Å². The molecule has 3 aromatic rings. The van der Waals surface area contributed by atoms with Crippen LogP contribution in [0.1, 0.15) is 31.1 Å². The minimum Gasteiger partial charge on any atom is -0.459 e.